The Morgan fingerprint density at radius 3 is 2.07 bits per heavy atom. The maximum atomic E-state index is 12.2. The predicted octanol–water partition coefficient (Wildman–Crippen LogP) is 2.77. The average Bonchev–Trinajstić information content (AvgIpc) is 2.49. The number of hydrogen-bond donors (Lipinski definition) is 0. The minimum atomic E-state index is -4.16. The zero-order chi connectivity index (χ0) is 11.4. The maximum absolute atomic E-state index is 12.2. The molecule has 0 radical (unpaired) electrons. The Labute approximate surface area is 82.3 Å². The number of halogens is 3. The molecule has 1 aliphatic rings. The quantitative estimate of drug-likeness (QED) is 0.572. The summed E-state index contributed by atoms with van der Waals surface area (Å²) in [5.41, 5.74) is 0. The SMILES string of the molecule is CC.C[C@@H]1C(C(F)(F)F)CCN1C#N. The summed E-state index contributed by atoms with van der Waals surface area (Å²) in [7, 11) is 0. The Morgan fingerprint density at radius 2 is 1.86 bits per heavy atom. The molecule has 0 bridgehead atoms. The third-order valence-electron chi connectivity index (χ3n) is 2.30. The third-order valence-corrected chi connectivity index (χ3v) is 2.30. The van der Waals surface area contributed by atoms with Crippen LogP contribution in [0.2, 0.25) is 0 Å². The van der Waals surface area contributed by atoms with Gasteiger partial charge in [-0.3, -0.25) is 0 Å². The summed E-state index contributed by atoms with van der Waals surface area (Å²) in [6.45, 7) is 5.66. The first-order chi connectivity index (χ1) is 6.46. The van der Waals surface area contributed by atoms with Gasteiger partial charge in [0.2, 0.25) is 0 Å². The first-order valence-electron chi connectivity index (χ1n) is 4.70. The van der Waals surface area contributed by atoms with Gasteiger partial charge in [0.1, 0.15) is 0 Å². The molecule has 1 saturated heterocycles. The second-order valence-electron chi connectivity index (χ2n) is 2.97. The van der Waals surface area contributed by atoms with Gasteiger partial charge in [0.05, 0.1) is 5.92 Å². The Kier molecular flexibility index (Phi) is 4.75. The van der Waals surface area contributed by atoms with Crippen molar-refractivity contribution in [2.24, 2.45) is 5.92 Å². The van der Waals surface area contributed by atoms with Crippen LogP contribution in [0.4, 0.5) is 13.2 Å². The molecule has 1 aliphatic heterocycles. The van der Waals surface area contributed by atoms with E-state index in [4.69, 9.17) is 5.26 Å². The van der Waals surface area contributed by atoms with Crippen LogP contribution in [0.15, 0.2) is 0 Å². The van der Waals surface area contributed by atoms with Gasteiger partial charge in [-0.25, -0.2) is 0 Å². The van der Waals surface area contributed by atoms with Crippen LogP contribution in [-0.4, -0.2) is 23.7 Å². The Morgan fingerprint density at radius 1 is 1.36 bits per heavy atom. The van der Waals surface area contributed by atoms with E-state index in [-0.39, 0.29) is 13.0 Å². The van der Waals surface area contributed by atoms with Gasteiger partial charge in [0, 0.05) is 12.6 Å². The topological polar surface area (TPSA) is 27.0 Å². The van der Waals surface area contributed by atoms with E-state index in [1.54, 1.807) is 6.19 Å². The fourth-order valence-electron chi connectivity index (χ4n) is 1.52. The molecule has 82 valence electrons. The lowest BCUT2D eigenvalue weighted by atomic mass is 10.0. The predicted molar refractivity (Wildman–Crippen MR) is 47.3 cm³/mol. The average molecular weight is 208 g/mol. The van der Waals surface area contributed by atoms with Gasteiger partial charge in [-0.1, -0.05) is 13.8 Å². The molecule has 0 amide bonds. The molecule has 0 spiro atoms. The van der Waals surface area contributed by atoms with Crippen molar-refractivity contribution >= 4 is 0 Å². The van der Waals surface area contributed by atoms with E-state index < -0.39 is 18.1 Å². The van der Waals surface area contributed by atoms with Crippen molar-refractivity contribution in [3.05, 3.63) is 0 Å². The van der Waals surface area contributed by atoms with E-state index in [1.807, 2.05) is 13.8 Å². The maximum Gasteiger partial charge on any atom is 0.393 e. The van der Waals surface area contributed by atoms with Crippen LogP contribution in [0.5, 0.6) is 0 Å². The summed E-state index contributed by atoms with van der Waals surface area (Å²) >= 11 is 0. The molecule has 0 saturated carbocycles. The standard InChI is InChI=1S/C7H9F3N2.C2H6/c1-5-6(7(8,9)10)2-3-12(5)4-11;1-2/h5-6H,2-3H2,1H3;1-2H3/t5-,6?;/m1./s1. The van der Waals surface area contributed by atoms with E-state index in [9.17, 15) is 13.2 Å². The van der Waals surface area contributed by atoms with Crippen LogP contribution in [0.25, 0.3) is 0 Å². The van der Waals surface area contributed by atoms with Crippen LogP contribution in [0, 0.1) is 17.4 Å². The number of likely N-dealkylation sites (tertiary alicyclic amines) is 1. The van der Waals surface area contributed by atoms with Crippen molar-refractivity contribution in [3.8, 4) is 6.19 Å². The highest BCUT2D eigenvalue weighted by Crippen LogP contribution is 2.37. The van der Waals surface area contributed by atoms with Gasteiger partial charge in [-0.2, -0.15) is 18.4 Å². The van der Waals surface area contributed by atoms with Crippen molar-refractivity contribution < 1.29 is 13.2 Å². The zero-order valence-electron chi connectivity index (χ0n) is 8.60. The molecule has 1 fully saturated rings. The van der Waals surface area contributed by atoms with Gasteiger partial charge < -0.3 is 4.90 Å². The highest BCUT2D eigenvalue weighted by atomic mass is 19.4. The van der Waals surface area contributed by atoms with Crippen molar-refractivity contribution in [2.45, 2.75) is 39.4 Å². The van der Waals surface area contributed by atoms with Crippen LogP contribution < -0.4 is 0 Å². The normalized spacial score (nSPS) is 26.5. The molecule has 0 aromatic heterocycles. The van der Waals surface area contributed by atoms with Gasteiger partial charge in [0.25, 0.3) is 0 Å². The molecular formula is C9H15F3N2. The molecule has 2 nitrogen and oxygen atoms in total. The fourth-order valence-corrected chi connectivity index (χ4v) is 1.52. The van der Waals surface area contributed by atoms with Crippen LogP contribution in [0.3, 0.4) is 0 Å². The summed E-state index contributed by atoms with van der Waals surface area (Å²) in [4.78, 5) is 1.18. The van der Waals surface area contributed by atoms with Crippen molar-refractivity contribution in [3.63, 3.8) is 0 Å². The second-order valence-corrected chi connectivity index (χ2v) is 2.97. The van der Waals surface area contributed by atoms with E-state index in [2.05, 4.69) is 0 Å². The van der Waals surface area contributed by atoms with Crippen molar-refractivity contribution in [1.29, 1.82) is 5.26 Å². The summed E-state index contributed by atoms with van der Waals surface area (Å²) < 4.78 is 36.6. The summed E-state index contributed by atoms with van der Waals surface area (Å²) in [6.07, 6.45) is -2.37. The van der Waals surface area contributed by atoms with E-state index >= 15 is 0 Å². The summed E-state index contributed by atoms with van der Waals surface area (Å²) in [5, 5.41) is 8.43. The van der Waals surface area contributed by atoms with Gasteiger partial charge in [-0.15, -0.1) is 0 Å². The molecule has 1 unspecified atom stereocenters. The van der Waals surface area contributed by atoms with Gasteiger partial charge >= 0.3 is 6.18 Å². The molecule has 2 atom stereocenters. The lowest BCUT2D eigenvalue weighted by Gasteiger charge is -2.21. The molecule has 1 heterocycles. The van der Waals surface area contributed by atoms with E-state index in [0.29, 0.717) is 0 Å². The fraction of sp³-hybridized carbons (Fsp3) is 0.889. The first-order valence-corrected chi connectivity index (χ1v) is 4.70. The van der Waals surface area contributed by atoms with Crippen LogP contribution in [-0.2, 0) is 0 Å². The number of rotatable bonds is 0. The Balaban J connectivity index is 0.000000791. The van der Waals surface area contributed by atoms with Crippen LogP contribution >= 0.6 is 0 Å². The molecule has 14 heavy (non-hydrogen) atoms. The number of hydrogen-bond acceptors (Lipinski definition) is 2. The monoisotopic (exact) mass is 208 g/mol. The minimum absolute atomic E-state index is 0.0399. The molecule has 0 aliphatic carbocycles. The molecule has 0 aromatic carbocycles. The lowest BCUT2D eigenvalue weighted by molar-refractivity contribution is -0.177. The van der Waals surface area contributed by atoms with Crippen LogP contribution in [0.1, 0.15) is 27.2 Å². The third kappa shape index (κ3) is 2.79. The Hall–Kier alpha value is -0.920. The van der Waals surface area contributed by atoms with E-state index in [1.165, 1.54) is 11.8 Å². The minimum Gasteiger partial charge on any atom is -0.307 e. The molecular weight excluding hydrogens is 193 g/mol. The zero-order valence-corrected chi connectivity index (χ0v) is 8.60. The van der Waals surface area contributed by atoms with Crippen molar-refractivity contribution in [1.82, 2.24) is 4.90 Å². The Bertz CT molecular complexity index is 207. The van der Waals surface area contributed by atoms with E-state index in [0.717, 1.165) is 0 Å². The highest BCUT2D eigenvalue weighted by molar-refractivity contribution is 4.93. The summed E-state index contributed by atoms with van der Waals surface area (Å²) in [5.74, 6) is -1.34. The second kappa shape index (κ2) is 5.08. The number of alkyl halides is 3. The smallest absolute Gasteiger partial charge is 0.307 e. The number of nitrogens with zero attached hydrogens (tertiary/aromatic N) is 2. The molecule has 0 aromatic rings. The van der Waals surface area contributed by atoms with Gasteiger partial charge in [-0.05, 0) is 13.3 Å². The van der Waals surface area contributed by atoms with Gasteiger partial charge in [0.15, 0.2) is 6.19 Å². The highest BCUT2D eigenvalue weighted by Gasteiger charge is 2.48. The summed E-state index contributed by atoms with van der Waals surface area (Å²) in [6, 6.07) is -0.699. The first kappa shape index (κ1) is 13.1. The largest absolute Gasteiger partial charge is 0.393 e. The number of nitriles is 1. The molecule has 1 rings (SSSR count). The molecule has 5 heteroatoms. The lowest BCUT2D eigenvalue weighted by Crippen LogP contribution is -2.33. The van der Waals surface area contributed by atoms with Crippen molar-refractivity contribution in [2.75, 3.05) is 6.54 Å². The molecule has 0 N–H and O–H groups in total.